The largest absolute Gasteiger partial charge is 0.459 e. The van der Waals surface area contributed by atoms with Crippen LogP contribution >= 0.6 is 0 Å². The molecule has 0 aliphatic heterocycles. The van der Waals surface area contributed by atoms with Gasteiger partial charge in [-0.3, -0.25) is 4.79 Å². The molecular weight excluding hydrogens is 396 g/mol. The van der Waals surface area contributed by atoms with Gasteiger partial charge in [-0.25, -0.2) is 0 Å². The van der Waals surface area contributed by atoms with Crippen LogP contribution in [0.25, 0.3) is 0 Å². The molecule has 32 heavy (non-hydrogen) atoms. The molecule has 0 amide bonds. The standard InChI is InChI=1S/C29H50O3/c1-6-8-20-9-13-24(30)25(17-20)32-27(31)29(5)16-7-15-28(4)23-12-10-21(19(2)3)18-22(23)11-14-26(28)29/h19-26,30H,6-18H2,1-5H3/t20?,21?,22?,23-,24?,25?,26+,28+,29+/m1/s1. The first-order chi connectivity index (χ1) is 15.2. The number of carbonyl (C=O) groups excluding carboxylic acids is 1. The topological polar surface area (TPSA) is 46.5 Å². The fraction of sp³-hybridized carbons (Fsp3) is 0.966. The van der Waals surface area contributed by atoms with Gasteiger partial charge in [0, 0.05) is 0 Å². The smallest absolute Gasteiger partial charge is 0.312 e. The summed E-state index contributed by atoms with van der Waals surface area (Å²) in [6, 6.07) is 0. The maximum Gasteiger partial charge on any atom is 0.312 e. The number of aliphatic hydroxyl groups excluding tert-OH is 1. The van der Waals surface area contributed by atoms with Gasteiger partial charge in [0.2, 0.25) is 0 Å². The van der Waals surface area contributed by atoms with Crippen molar-refractivity contribution >= 4 is 5.97 Å². The summed E-state index contributed by atoms with van der Waals surface area (Å²) >= 11 is 0. The van der Waals surface area contributed by atoms with Gasteiger partial charge in [-0.2, -0.15) is 0 Å². The number of esters is 1. The molecule has 0 saturated heterocycles. The molecule has 0 bridgehead atoms. The van der Waals surface area contributed by atoms with E-state index in [1.54, 1.807) is 0 Å². The molecule has 9 atom stereocenters. The Balaban J connectivity index is 1.48. The summed E-state index contributed by atoms with van der Waals surface area (Å²) in [4.78, 5) is 13.8. The van der Waals surface area contributed by atoms with Crippen LogP contribution in [0.4, 0.5) is 0 Å². The van der Waals surface area contributed by atoms with E-state index in [2.05, 4.69) is 34.6 Å². The van der Waals surface area contributed by atoms with Crippen molar-refractivity contribution in [1.29, 1.82) is 0 Å². The summed E-state index contributed by atoms with van der Waals surface area (Å²) in [6.07, 6.45) is 14.2. The van der Waals surface area contributed by atoms with E-state index in [1.807, 2.05) is 0 Å². The molecule has 5 unspecified atom stereocenters. The van der Waals surface area contributed by atoms with Crippen LogP contribution in [0, 0.1) is 46.3 Å². The molecular formula is C29H50O3. The van der Waals surface area contributed by atoms with Gasteiger partial charge in [0.05, 0.1) is 11.5 Å². The number of aliphatic hydroxyl groups is 1. The van der Waals surface area contributed by atoms with Gasteiger partial charge in [0.15, 0.2) is 0 Å². The second-order valence-electron chi connectivity index (χ2n) is 13.1. The Bertz CT molecular complexity index is 659. The molecule has 0 aromatic rings. The minimum absolute atomic E-state index is 0.00365. The third-order valence-electron chi connectivity index (χ3n) is 10.9. The highest BCUT2D eigenvalue weighted by Gasteiger charge is 2.60. The zero-order chi connectivity index (χ0) is 23.1. The van der Waals surface area contributed by atoms with Crippen molar-refractivity contribution in [3.8, 4) is 0 Å². The minimum Gasteiger partial charge on any atom is -0.459 e. The zero-order valence-electron chi connectivity index (χ0n) is 21.6. The van der Waals surface area contributed by atoms with Crippen molar-refractivity contribution < 1.29 is 14.6 Å². The van der Waals surface area contributed by atoms with Crippen LogP contribution in [0.15, 0.2) is 0 Å². The summed E-state index contributed by atoms with van der Waals surface area (Å²) in [6.45, 7) is 11.8. The lowest BCUT2D eigenvalue weighted by Gasteiger charge is -2.61. The lowest BCUT2D eigenvalue weighted by molar-refractivity contribution is -0.191. The van der Waals surface area contributed by atoms with E-state index in [0.29, 0.717) is 11.8 Å². The molecule has 1 N–H and O–H groups in total. The van der Waals surface area contributed by atoms with E-state index in [9.17, 15) is 9.90 Å². The second-order valence-corrected chi connectivity index (χ2v) is 13.1. The molecule has 0 heterocycles. The quantitative estimate of drug-likeness (QED) is 0.456. The molecule has 0 radical (unpaired) electrons. The van der Waals surface area contributed by atoms with Gasteiger partial charge in [-0.05, 0) is 112 Å². The van der Waals surface area contributed by atoms with E-state index in [-0.39, 0.29) is 22.9 Å². The van der Waals surface area contributed by atoms with Crippen LogP contribution in [0.2, 0.25) is 0 Å². The summed E-state index contributed by atoms with van der Waals surface area (Å²) in [7, 11) is 0. The van der Waals surface area contributed by atoms with Gasteiger partial charge >= 0.3 is 5.97 Å². The maximum atomic E-state index is 13.8. The van der Waals surface area contributed by atoms with Gasteiger partial charge in [0.1, 0.15) is 6.10 Å². The predicted octanol–water partition coefficient (Wildman–Crippen LogP) is 7.15. The highest BCUT2D eigenvalue weighted by atomic mass is 16.6. The number of hydrogen-bond donors (Lipinski definition) is 1. The number of ether oxygens (including phenoxy) is 1. The van der Waals surface area contributed by atoms with E-state index in [4.69, 9.17) is 4.74 Å². The van der Waals surface area contributed by atoms with Crippen molar-refractivity contribution in [2.24, 2.45) is 46.3 Å². The van der Waals surface area contributed by atoms with Crippen molar-refractivity contribution in [1.82, 2.24) is 0 Å². The third-order valence-corrected chi connectivity index (χ3v) is 10.9. The van der Waals surface area contributed by atoms with Gasteiger partial charge < -0.3 is 9.84 Å². The monoisotopic (exact) mass is 446 g/mol. The summed E-state index contributed by atoms with van der Waals surface area (Å²) in [5.41, 5.74) is -0.114. The Morgan fingerprint density at radius 1 is 1.03 bits per heavy atom. The summed E-state index contributed by atoms with van der Waals surface area (Å²) in [5.74, 6) is 4.34. The lowest BCUT2D eigenvalue weighted by atomic mass is 9.43. The fourth-order valence-corrected chi connectivity index (χ4v) is 8.99. The number of rotatable bonds is 5. The molecule has 4 saturated carbocycles. The van der Waals surface area contributed by atoms with Crippen LogP contribution in [0.1, 0.15) is 118 Å². The van der Waals surface area contributed by atoms with Crippen LogP contribution in [-0.2, 0) is 9.53 Å². The average molecular weight is 447 g/mol. The Kier molecular flexibility index (Phi) is 7.36. The molecule has 4 rings (SSSR count). The maximum absolute atomic E-state index is 13.8. The number of fused-ring (bicyclic) bond motifs is 3. The second kappa shape index (κ2) is 9.59. The van der Waals surface area contributed by atoms with Crippen LogP contribution < -0.4 is 0 Å². The molecule has 0 spiro atoms. The summed E-state index contributed by atoms with van der Waals surface area (Å²) in [5, 5.41) is 10.6. The van der Waals surface area contributed by atoms with Crippen molar-refractivity contribution in [2.45, 2.75) is 130 Å². The predicted molar refractivity (Wildman–Crippen MR) is 130 cm³/mol. The Hall–Kier alpha value is -0.570. The summed E-state index contributed by atoms with van der Waals surface area (Å²) < 4.78 is 6.21. The van der Waals surface area contributed by atoms with Gasteiger partial charge in [-0.15, -0.1) is 0 Å². The Morgan fingerprint density at radius 3 is 2.53 bits per heavy atom. The highest BCUT2D eigenvalue weighted by molar-refractivity contribution is 5.77. The molecule has 184 valence electrons. The van der Waals surface area contributed by atoms with Crippen molar-refractivity contribution in [2.75, 3.05) is 0 Å². The van der Waals surface area contributed by atoms with Gasteiger partial charge in [0.25, 0.3) is 0 Å². The molecule has 4 aliphatic rings. The average Bonchev–Trinajstić information content (AvgIpc) is 2.75. The first kappa shape index (κ1) is 24.6. The van der Waals surface area contributed by atoms with E-state index in [0.717, 1.165) is 55.8 Å². The lowest BCUT2D eigenvalue weighted by Crippen LogP contribution is -2.57. The third kappa shape index (κ3) is 4.41. The molecule has 4 fully saturated rings. The van der Waals surface area contributed by atoms with E-state index >= 15 is 0 Å². The van der Waals surface area contributed by atoms with Crippen molar-refractivity contribution in [3.63, 3.8) is 0 Å². The number of hydrogen-bond acceptors (Lipinski definition) is 3. The highest BCUT2D eigenvalue weighted by Crippen LogP contribution is 2.64. The Morgan fingerprint density at radius 2 is 1.81 bits per heavy atom. The Labute approximate surface area is 197 Å². The van der Waals surface area contributed by atoms with Crippen LogP contribution in [-0.4, -0.2) is 23.3 Å². The van der Waals surface area contributed by atoms with Crippen molar-refractivity contribution in [3.05, 3.63) is 0 Å². The molecule has 0 aromatic heterocycles. The van der Waals surface area contributed by atoms with Crippen LogP contribution in [0.5, 0.6) is 0 Å². The molecule has 0 aromatic carbocycles. The first-order valence-electron chi connectivity index (χ1n) is 14.1. The van der Waals surface area contributed by atoms with E-state index < -0.39 is 6.10 Å². The van der Waals surface area contributed by atoms with Crippen LogP contribution in [0.3, 0.4) is 0 Å². The number of carbonyl (C=O) groups is 1. The fourth-order valence-electron chi connectivity index (χ4n) is 8.99. The zero-order valence-corrected chi connectivity index (χ0v) is 21.6. The molecule has 3 heteroatoms. The SMILES string of the molecule is CCCC1CCC(O)C(OC(=O)[C@@]2(C)CCC[C@@]3(C)[C@@H]4CCC(C(C)C)CC4CC[C@@H]32)C1. The molecule has 4 aliphatic carbocycles. The van der Waals surface area contributed by atoms with Gasteiger partial charge in [-0.1, -0.05) is 47.0 Å². The van der Waals surface area contributed by atoms with E-state index in [1.165, 1.54) is 51.4 Å². The minimum atomic E-state index is -0.479. The molecule has 3 nitrogen and oxygen atoms in total. The normalized spacial score (nSPS) is 46.9. The first-order valence-corrected chi connectivity index (χ1v) is 14.1.